The van der Waals surface area contributed by atoms with E-state index in [1.807, 2.05) is 12.1 Å². The molecular formula is C17H22BrNO2. The normalized spacial score (nSPS) is 17.6. The Morgan fingerprint density at radius 2 is 2.14 bits per heavy atom. The van der Waals surface area contributed by atoms with Crippen LogP contribution >= 0.6 is 15.9 Å². The van der Waals surface area contributed by atoms with Crippen LogP contribution in [-0.2, 0) is 4.79 Å². The van der Waals surface area contributed by atoms with Gasteiger partial charge in [-0.25, -0.2) is 4.79 Å². The molecule has 0 aliphatic carbocycles. The molecule has 1 aromatic carbocycles. The van der Waals surface area contributed by atoms with Gasteiger partial charge in [-0.3, -0.25) is 0 Å². The van der Waals surface area contributed by atoms with Crippen LogP contribution in [0.1, 0.15) is 38.7 Å². The lowest BCUT2D eigenvalue weighted by molar-refractivity contribution is -0.131. The Balaban J connectivity index is 2.17. The summed E-state index contributed by atoms with van der Waals surface area (Å²) in [7, 11) is 0. The van der Waals surface area contributed by atoms with E-state index >= 15 is 0 Å². The average Bonchev–Trinajstić information content (AvgIpc) is 2.90. The Labute approximate surface area is 134 Å². The molecule has 0 unspecified atom stereocenters. The molecule has 2 rings (SSSR count). The molecule has 1 N–H and O–H groups in total. The summed E-state index contributed by atoms with van der Waals surface area (Å²) >= 11 is 3.62. The van der Waals surface area contributed by atoms with Crippen LogP contribution in [0.3, 0.4) is 0 Å². The Morgan fingerprint density at radius 3 is 2.67 bits per heavy atom. The van der Waals surface area contributed by atoms with Gasteiger partial charge in [-0.1, -0.05) is 19.9 Å². The Bertz CT molecular complexity index is 550. The lowest BCUT2D eigenvalue weighted by atomic mass is 9.82. The van der Waals surface area contributed by atoms with Crippen LogP contribution in [-0.4, -0.2) is 24.2 Å². The second-order valence-corrected chi connectivity index (χ2v) is 6.62. The third kappa shape index (κ3) is 3.67. The van der Waals surface area contributed by atoms with Gasteiger partial charge in [0.2, 0.25) is 0 Å². The largest absolute Gasteiger partial charge is 0.478 e. The highest BCUT2D eigenvalue weighted by Gasteiger charge is 2.35. The molecule has 1 saturated heterocycles. The van der Waals surface area contributed by atoms with Gasteiger partial charge in [0.25, 0.3) is 0 Å². The number of nitrogens with zero attached hydrogens (tertiary/aromatic N) is 1. The highest BCUT2D eigenvalue weighted by atomic mass is 79.9. The van der Waals surface area contributed by atoms with Crippen molar-refractivity contribution in [3.63, 3.8) is 0 Å². The van der Waals surface area contributed by atoms with Gasteiger partial charge in [-0.05, 0) is 64.4 Å². The van der Waals surface area contributed by atoms with Gasteiger partial charge in [0.15, 0.2) is 0 Å². The number of aliphatic carboxylic acids is 1. The van der Waals surface area contributed by atoms with Crippen LogP contribution in [0.25, 0.3) is 6.08 Å². The summed E-state index contributed by atoms with van der Waals surface area (Å²) < 4.78 is 1.03. The minimum absolute atomic E-state index is 0.446. The summed E-state index contributed by atoms with van der Waals surface area (Å²) in [6.07, 6.45) is 6.46. The van der Waals surface area contributed by atoms with Crippen molar-refractivity contribution in [1.29, 1.82) is 0 Å². The summed E-state index contributed by atoms with van der Waals surface area (Å²) in [6, 6.07) is 6.02. The summed E-state index contributed by atoms with van der Waals surface area (Å²) in [6.45, 7) is 6.75. The van der Waals surface area contributed by atoms with Crippen LogP contribution in [0.2, 0.25) is 0 Å². The van der Waals surface area contributed by atoms with Crippen molar-refractivity contribution in [2.75, 3.05) is 18.0 Å². The number of rotatable bonds is 5. The van der Waals surface area contributed by atoms with Gasteiger partial charge in [0.05, 0.1) is 5.69 Å². The molecule has 0 saturated carbocycles. The summed E-state index contributed by atoms with van der Waals surface area (Å²) in [4.78, 5) is 13.0. The third-order valence-corrected chi connectivity index (χ3v) is 5.30. The molecule has 3 nitrogen and oxygen atoms in total. The smallest absolute Gasteiger partial charge is 0.328 e. The molecule has 114 valence electrons. The van der Waals surface area contributed by atoms with Crippen molar-refractivity contribution in [2.45, 2.75) is 33.1 Å². The SMILES string of the molecule is CCC1(CC)CCN(c2ccc(/C=C/C(=O)O)cc2Br)C1. The second-order valence-electron chi connectivity index (χ2n) is 5.76. The number of hydrogen-bond acceptors (Lipinski definition) is 2. The molecule has 0 aromatic heterocycles. The van der Waals surface area contributed by atoms with Gasteiger partial charge >= 0.3 is 5.97 Å². The highest BCUT2D eigenvalue weighted by Crippen LogP contribution is 2.41. The van der Waals surface area contributed by atoms with Crippen LogP contribution < -0.4 is 4.90 Å². The number of hydrogen-bond donors (Lipinski definition) is 1. The van der Waals surface area contributed by atoms with Crippen molar-refractivity contribution >= 4 is 33.7 Å². The number of benzene rings is 1. The van der Waals surface area contributed by atoms with E-state index in [0.29, 0.717) is 5.41 Å². The monoisotopic (exact) mass is 351 g/mol. The maximum absolute atomic E-state index is 10.6. The zero-order chi connectivity index (χ0) is 15.5. The standard InChI is InChI=1S/C17H22BrNO2/c1-3-17(4-2)9-10-19(12-17)15-7-5-13(11-14(15)18)6-8-16(20)21/h5-8,11H,3-4,9-10,12H2,1-2H3,(H,20,21)/b8-6+. The molecule has 1 fully saturated rings. The van der Waals surface area contributed by atoms with Crippen molar-refractivity contribution in [1.82, 2.24) is 0 Å². The fourth-order valence-electron chi connectivity index (χ4n) is 3.02. The summed E-state index contributed by atoms with van der Waals surface area (Å²) in [5.74, 6) is -0.926. The first-order valence-corrected chi connectivity index (χ1v) is 8.24. The van der Waals surface area contributed by atoms with Crippen molar-refractivity contribution in [3.8, 4) is 0 Å². The van der Waals surface area contributed by atoms with Crippen LogP contribution in [0.15, 0.2) is 28.7 Å². The topological polar surface area (TPSA) is 40.5 Å². The van der Waals surface area contributed by atoms with Crippen molar-refractivity contribution in [2.24, 2.45) is 5.41 Å². The van der Waals surface area contributed by atoms with E-state index in [1.165, 1.54) is 24.9 Å². The van der Waals surface area contributed by atoms with Gasteiger partial charge in [0, 0.05) is 23.6 Å². The van der Waals surface area contributed by atoms with Crippen LogP contribution in [0, 0.1) is 5.41 Å². The summed E-state index contributed by atoms with van der Waals surface area (Å²) in [5, 5.41) is 8.68. The lowest BCUT2D eigenvalue weighted by Gasteiger charge is -2.27. The molecule has 1 aliphatic heterocycles. The first-order chi connectivity index (χ1) is 9.99. The molecule has 1 heterocycles. The average molecular weight is 352 g/mol. The van der Waals surface area contributed by atoms with E-state index in [1.54, 1.807) is 6.08 Å². The first-order valence-electron chi connectivity index (χ1n) is 7.45. The number of carbonyl (C=O) groups is 1. The molecule has 1 aliphatic rings. The minimum atomic E-state index is -0.926. The molecule has 0 amide bonds. The zero-order valence-corrected chi connectivity index (χ0v) is 14.2. The lowest BCUT2D eigenvalue weighted by Crippen LogP contribution is -2.26. The Hall–Kier alpha value is -1.29. The molecular weight excluding hydrogens is 330 g/mol. The van der Waals surface area contributed by atoms with E-state index in [2.05, 4.69) is 40.7 Å². The maximum Gasteiger partial charge on any atom is 0.328 e. The quantitative estimate of drug-likeness (QED) is 0.790. The van der Waals surface area contributed by atoms with Gasteiger partial charge < -0.3 is 10.0 Å². The van der Waals surface area contributed by atoms with Crippen molar-refractivity contribution < 1.29 is 9.90 Å². The van der Waals surface area contributed by atoms with Crippen molar-refractivity contribution in [3.05, 3.63) is 34.3 Å². The highest BCUT2D eigenvalue weighted by molar-refractivity contribution is 9.10. The predicted molar refractivity (Wildman–Crippen MR) is 90.7 cm³/mol. The third-order valence-electron chi connectivity index (χ3n) is 4.67. The Morgan fingerprint density at radius 1 is 1.43 bits per heavy atom. The second kappa shape index (κ2) is 6.65. The molecule has 0 atom stereocenters. The van der Waals surface area contributed by atoms with Crippen LogP contribution in [0.5, 0.6) is 0 Å². The summed E-state index contributed by atoms with van der Waals surface area (Å²) in [5.41, 5.74) is 2.54. The fourth-order valence-corrected chi connectivity index (χ4v) is 3.67. The van der Waals surface area contributed by atoms with Gasteiger partial charge in [0.1, 0.15) is 0 Å². The van der Waals surface area contributed by atoms with E-state index in [0.717, 1.165) is 29.2 Å². The van der Waals surface area contributed by atoms with Gasteiger partial charge in [-0.2, -0.15) is 0 Å². The van der Waals surface area contributed by atoms with E-state index in [4.69, 9.17) is 5.11 Å². The first kappa shape index (κ1) is 16.1. The number of anilines is 1. The number of carboxylic acids is 1. The predicted octanol–water partition coefficient (Wildman–Crippen LogP) is 4.56. The Kier molecular flexibility index (Phi) is 5.09. The van der Waals surface area contributed by atoms with E-state index < -0.39 is 5.97 Å². The maximum atomic E-state index is 10.6. The molecule has 1 aromatic rings. The molecule has 0 bridgehead atoms. The van der Waals surface area contributed by atoms with E-state index in [-0.39, 0.29) is 0 Å². The van der Waals surface area contributed by atoms with Crippen LogP contribution in [0.4, 0.5) is 5.69 Å². The van der Waals surface area contributed by atoms with E-state index in [9.17, 15) is 4.79 Å². The zero-order valence-electron chi connectivity index (χ0n) is 12.6. The van der Waals surface area contributed by atoms with Gasteiger partial charge in [-0.15, -0.1) is 0 Å². The molecule has 21 heavy (non-hydrogen) atoms. The fraction of sp³-hybridized carbons (Fsp3) is 0.471. The molecule has 0 radical (unpaired) electrons. The molecule has 0 spiro atoms. The molecule has 4 heteroatoms. The number of halogens is 1. The number of carboxylic acid groups (broad SMARTS) is 1. The minimum Gasteiger partial charge on any atom is -0.478 e.